The van der Waals surface area contributed by atoms with Gasteiger partial charge in [-0.3, -0.25) is 10.1 Å². The van der Waals surface area contributed by atoms with Gasteiger partial charge in [-0.2, -0.15) is 0 Å². The van der Waals surface area contributed by atoms with Crippen LogP contribution in [0.3, 0.4) is 0 Å². The summed E-state index contributed by atoms with van der Waals surface area (Å²) in [5, 5.41) is 20.5. The third kappa shape index (κ3) is 3.44. The lowest BCUT2D eigenvalue weighted by molar-refractivity contribution is -0.388. The highest BCUT2D eigenvalue weighted by molar-refractivity contribution is 8.00. The fourth-order valence-electron chi connectivity index (χ4n) is 2.12. The Morgan fingerprint density at radius 3 is 2.68 bits per heavy atom. The maximum absolute atomic E-state index is 11.0. The molecule has 7 heteroatoms. The highest BCUT2D eigenvalue weighted by Crippen LogP contribution is 2.36. The van der Waals surface area contributed by atoms with Crippen LogP contribution in [0.25, 0.3) is 0 Å². The third-order valence-corrected chi connectivity index (χ3v) is 4.45. The van der Waals surface area contributed by atoms with Gasteiger partial charge in [-0.25, -0.2) is 9.78 Å². The fraction of sp³-hybridized carbons (Fsp3) is 0.500. The van der Waals surface area contributed by atoms with Gasteiger partial charge in [0.25, 0.3) is 0 Å². The molecule has 1 fully saturated rings. The largest absolute Gasteiger partial charge is 0.478 e. The molecule has 1 aliphatic carbocycles. The number of thioether (sulfide) groups is 1. The van der Waals surface area contributed by atoms with Crippen LogP contribution in [0.5, 0.6) is 0 Å². The van der Waals surface area contributed by atoms with Crippen molar-refractivity contribution in [3.63, 3.8) is 0 Å². The molecule has 6 nitrogen and oxygen atoms in total. The van der Waals surface area contributed by atoms with Crippen LogP contribution in [-0.4, -0.2) is 26.2 Å². The summed E-state index contributed by atoms with van der Waals surface area (Å²) in [7, 11) is 0. The van der Waals surface area contributed by atoms with E-state index >= 15 is 0 Å². The molecule has 0 aliphatic heterocycles. The third-order valence-electron chi connectivity index (χ3n) is 3.11. The number of pyridine rings is 1. The van der Waals surface area contributed by atoms with Crippen LogP contribution in [0.2, 0.25) is 0 Å². The van der Waals surface area contributed by atoms with Crippen molar-refractivity contribution in [2.45, 2.75) is 42.4 Å². The van der Waals surface area contributed by atoms with E-state index in [1.807, 2.05) is 0 Å². The second kappa shape index (κ2) is 6.01. The Hall–Kier alpha value is -1.63. The minimum Gasteiger partial charge on any atom is -0.478 e. The lowest BCUT2D eigenvalue weighted by Crippen LogP contribution is -2.09. The minimum absolute atomic E-state index is 0.153. The van der Waals surface area contributed by atoms with Crippen molar-refractivity contribution in [2.24, 2.45) is 0 Å². The molecule has 0 bridgehead atoms. The summed E-state index contributed by atoms with van der Waals surface area (Å²) in [6, 6.07) is 1.08. The summed E-state index contributed by atoms with van der Waals surface area (Å²) in [6.07, 6.45) is 6.73. The molecule has 2 rings (SSSR count). The molecule has 0 amide bonds. The van der Waals surface area contributed by atoms with Gasteiger partial charge in [0.15, 0.2) is 5.03 Å². The van der Waals surface area contributed by atoms with Gasteiger partial charge >= 0.3 is 11.7 Å². The number of nitrogens with zero attached hydrogens (tertiary/aromatic N) is 2. The molecule has 0 aromatic carbocycles. The van der Waals surface area contributed by atoms with E-state index in [0.29, 0.717) is 10.3 Å². The standard InChI is InChI=1S/C12H14N2O4S/c15-12(16)8-6-10(14(17)18)11(13-7-8)19-9-4-2-1-3-5-9/h6-7,9H,1-5H2,(H,15,16). The molecule has 1 saturated carbocycles. The zero-order valence-corrected chi connectivity index (χ0v) is 11.1. The number of carbonyl (C=O) groups is 1. The highest BCUT2D eigenvalue weighted by atomic mass is 32.2. The van der Waals surface area contributed by atoms with Crippen LogP contribution < -0.4 is 0 Å². The Balaban J connectivity index is 2.23. The smallest absolute Gasteiger partial charge is 0.337 e. The molecule has 0 unspecified atom stereocenters. The fourth-order valence-corrected chi connectivity index (χ4v) is 3.37. The van der Waals surface area contributed by atoms with E-state index in [-0.39, 0.29) is 11.3 Å². The van der Waals surface area contributed by atoms with Crippen molar-refractivity contribution in [2.75, 3.05) is 0 Å². The van der Waals surface area contributed by atoms with Crippen LogP contribution in [0, 0.1) is 10.1 Å². The van der Waals surface area contributed by atoms with E-state index in [1.54, 1.807) is 0 Å². The van der Waals surface area contributed by atoms with E-state index < -0.39 is 10.9 Å². The normalized spacial score (nSPS) is 16.2. The van der Waals surface area contributed by atoms with Gasteiger partial charge in [0.2, 0.25) is 0 Å². The van der Waals surface area contributed by atoms with Crippen LogP contribution in [0.1, 0.15) is 42.5 Å². The first kappa shape index (κ1) is 13.8. The van der Waals surface area contributed by atoms with Crippen molar-refractivity contribution in [3.8, 4) is 0 Å². The minimum atomic E-state index is -1.20. The maximum Gasteiger partial charge on any atom is 0.337 e. The molecular formula is C12H14N2O4S. The number of nitro groups is 1. The van der Waals surface area contributed by atoms with Gasteiger partial charge in [-0.15, -0.1) is 0 Å². The van der Waals surface area contributed by atoms with Gasteiger partial charge in [-0.1, -0.05) is 31.0 Å². The molecular weight excluding hydrogens is 268 g/mol. The Morgan fingerprint density at radius 2 is 2.11 bits per heavy atom. The molecule has 1 aromatic heterocycles. The molecule has 1 aromatic rings. The number of aromatic carboxylic acids is 1. The summed E-state index contributed by atoms with van der Waals surface area (Å²) < 4.78 is 0. The summed E-state index contributed by atoms with van der Waals surface area (Å²) in [5.74, 6) is -1.20. The highest BCUT2D eigenvalue weighted by Gasteiger charge is 2.23. The second-order valence-corrected chi connectivity index (χ2v) is 5.78. The Labute approximate surface area is 114 Å². The average Bonchev–Trinajstić information content (AvgIpc) is 2.39. The van der Waals surface area contributed by atoms with Crippen molar-refractivity contribution in [3.05, 3.63) is 27.9 Å². The molecule has 1 aliphatic rings. The first-order valence-corrected chi connectivity index (χ1v) is 7.00. The molecule has 19 heavy (non-hydrogen) atoms. The van der Waals surface area contributed by atoms with Crippen molar-refractivity contribution >= 4 is 23.4 Å². The van der Waals surface area contributed by atoms with Crippen molar-refractivity contribution in [1.82, 2.24) is 4.98 Å². The van der Waals surface area contributed by atoms with Gasteiger partial charge < -0.3 is 5.11 Å². The van der Waals surface area contributed by atoms with Crippen LogP contribution >= 0.6 is 11.8 Å². The van der Waals surface area contributed by atoms with Gasteiger partial charge in [0.1, 0.15) is 0 Å². The Bertz CT molecular complexity index is 501. The summed E-state index contributed by atoms with van der Waals surface area (Å²) in [5.41, 5.74) is -0.366. The molecule has 1 heterocycles. The van der Waals surface area contributed by atoms with E-state index in [9.17, 15) is 14.9 Å². The van der Waals surface area contributed by atoms with Gasteiger partial charge in [0, 0.05) is 17.5 Å². The summed E-state index contributed by atoms with van der Waals surface area (Å²) in [6.45, 7) is 0. The molecule has 0 radical (unpaired) electrons. The summed E-state index contributed by atoms with van der Waals surface area (Å²) in [4.78, 5) is 25.2. The van der Waals surface area contributed by atoms with Gasteiger partial charge in [-0.05, 0) is 12.8 Å². The second-order valence-electron chi connectivity index (χ2n) is 4.49. The zero-order chi connectivity index (χ0) is 13.8. The topological polar surface area (TPSA) is 93.3 Å². The van der Waals surface area contributed by atoms with Crippen molar-refractivity contribution in [1.29, 1.82) is 0 Å². The van der Waals surface area contributed by atoms with E-state index in [1.165, 1.54) is 24.4 Å². The quantitative estimate of drug-likeness (QED) is 0.673. The lowest BCUT2D eigenvalue weighted by atomic mass is 10.0. The molecule has 0 saturated heterocycles. The molecule has 0 spiro atoms. The van der Waals surface area contributed by atoms with Gasteiger partial charge in [0.05, 0.1) is 10.5 Å². The number of carboxylic acid groups (broad SMARTS) is 1. The first-order valence-electron chi connectivity index (χ1n) is 6.12. The zero-order valence-electron chi connectivity index (χ0n) is 10.2. The molecule has 1 N–H and O–H groups in total. The number of rotatable bonds is 4. The number of hydrogen-bond acceptors (Lipinski definition) is 5. The summed E-state index contributed by atoms with van der Waals surface area (Å²) >= 11 is 1.39. The molecule has 0 atom stereocenters. The van der Waals surface area contributed by atoms with Crippen LogP contribution in [0.15, 0.2) is 17.3 Å². The lowest BCUT2D eigenvalue weighted by Gasteiger charge is -2.20. The Kier molecular flexibility index (Phi) is 4.36. The first-order chi connectivity index (χ1) is 9.08. The maximum atomic E-state index is 11.0. The van der Waals surface area contributed by atoms with E-state index in [4.69, 9.17) is 5.11 Å². The predicted molar refractivity (Wildman–Crippen MR) is 70.6 cm³/mol. The SMILES string of the molecule is O=C(O)c1cnc(SC2CCCCC2)c([N+](=O)[O-])c1. The Morgan fingerprint density at radius 1 is 1.42 bits per heavy atom. The average molecular weight is 282 g/mol. The van der Waals surface area contributed by atoms with E-state index in [0.717, 1.165) is 31.7 Å². The number of hydrogen-bond donors (Lipinski definition) is 1. The molecule has 102 valence electrons. The van der Waals surface area contributed by atoms with Crippen LogP contribution in [0.4, 0.5) is 5.69 Å². The number of aromatic nitrogens is 1. The van der Waals surface area contributed by atoms with E-state index in [2.05, 4.69) is 4.98 Å². The monoisotopic (exact) mass is 282 g/mol. The van der Waals surface area contributed by atoms with Crippen molar-refractivity contribution < 1.29 is 14.8 Å². The van der Waals surface area contributed by atoms with Crippen LogP contribution in [-0.2, 0) is 0 Å². The number of carboxylic acids is 1. The predicted octanol–water partition coefficient (Wildman–Crippen LogP) is 3.11.